The summed E-state index contributed by atoms with van der Waals surface area (Å²) in [6.45, 7) is 6.24. The number of carbonyl (C=O) groups is 1. The van der Waals surface area contributed by atoms with Crippen LogP contribution >= 0.6 is 0 Å². The number of nitrogens with two attached hydrogens (primary N) is 1. The summed E-state index contributed by atoms with van der Waals surface area (Å²) in [5.74, 6) is -0.232. The number of amides is 1. The molecule has 0 aliphatic heterocycles. The Morgan fingerprint density at radius 3 is 2.14 bits per heavy atom. The van der Waals surface area contributed by atoms with Gasteiger partial charge in [-0.25, -0.2) is 0 Å². The Morgan fingerprint density at radius 2 is 1.71 bits per heavy atom. The second-order valence-corrected chi connectivity index (χ2v) is 3.84. The van der Waals surface area contributed by atoms with Crippen LogP contribution in [0.3, 0.4) is 0 Å². The first-order valence-corrected chi connectivity index (χ1v) is 4.85. The van der Waals surface area contributed by atoms with Crippen molar-refractivity contribution in [3.05, 3.63) is 34.4 Å². The molecule has 2 nitrogen and oxygen atoms in total. The van der Waals surface area contributed by atoms with Crippen LogP contribution in [-0.4, -0.2) is 5.91 Å². The zero-order valence-corrected chi connectivity index (χ0v) is 9.05. The maximum atomic E-state index is 10.7. The Morgan fingerprint density at radius 1 is 1.21 bits per heavy atom. The predicted octanol–water partition coefficient (Wildman–Crippen LogP) is 2.03. The summed E-state index contributed by atoms with van der Waals surface area (Å²) in [4.78, 5) is 10.7. The molecule has 0 spiro atoms. The van der Waals surface area contributed by atoms with Crippen LogP contribution in [-0.2, 0) is 11.2 Å². The molecule has 2 heteroatoms. The molecule has 0 radical (unpaired) electrons. The highest BCUT2D eigenvalue weighted by atomic mass is 16.1. The summed E-state index contributed by atoms with van der Waals surface area (Å²) in [5, 5.41) is 0. The van der Waals surface area contributed by atoms with Crippen LogP contribution in [0.15, 0.2) is 12.1 Å². The third-order valence-electron chi connectivity index (χ3n) is 2.46. The van der Waals surface area contributed by atoms with Crippen molar-refractivity contribution >= 4 is 5.91 Å². The maximum Gasteiger partial charge on any atom is 0.217 e. The molecule has 0 fully saturated rings. The molecule has 0 aromatic heterocycles. The Bertz CT molecular complexity index is 332. The van der Waals surface area contributed by atoms with Crippen molar-refractivity contribution in [2.75, 3.05) is 0 Å². The molecule has 1 rings (SSSR count). The quantitative estimate of drug-likeness (QED) is 0.780. The van der Waals surface area contributed by atoms with Gasteiger partial charge >= 0.3 is 0 Å². The molecule has 2 N–H and O–H groups in total. The van der Waals surface area contributed by atoms with Crippen molar-refractivity contribution in [1.82, 2.24) is 0 Å². The van der Waals surface area contributed by atoms with E-state index in [9.17, 15) is 4.79 Å². The Balaban J connectivity index is 2.91. The summed E-state index contributed by atoms with van der Waals surface area (Å²) in [5.41, 5.74) is 10.2. The summed E-state index contributed by atoms with van der Waals surface area (Å²) in [6.07, 6.45) is 1.19. The molecule has 0 saturated carbocycles. The highest BCUT2D eigenvalue weighted by molar-refractivity contribution is 5.74. The number of aryl methyl sites for hydroxylation is 3. The number of rotatable bonds is 3. The van der Waals surface area contributed by atoms with Gasteiger partial charge < -0.3 is 5.73 Å². The molecule has 0 atom stereocenters. The van der Waals surface area contributed by atoms with Gasteiger partial charge in [-0.1, -0.05) is 17.7 Å². The molecule has 0 aliphatic rings. The number of benzene rings is 1. The van der Waals surface area contributed by atoms with Crippen LogP contribution in [0.5, 0.6) is 0 Å². The van der Waals surface area contributed by atoms with Crippen molar-refractivity contribution in [3.8, 4) is 0 Å². The van der Waals surface area contributed by atoms with Crippen molar-refractivity contribution in [2.24, 2.45) is 5.73 Å². The van der Waals surface area contributed by atoms with E-state index in [2.05, 4.69) is 32.9 Å². The monoisotopic (exact) mass is 191 g/mol. The third-order valence-corrected chi connectivity index (χ3v) is 2.46. The first-order chi connectivity index (χ1) is 6.50. The average Bonchev–Trinajstić information content (AvgIpc) is 2.01. The molecule has 1 aromatic rings. The van der Waals surface area contributed by atoms with E-state index in [-0.39, 0.29) is 5.91 Å². The van der Waals surface area contributed by atoms with Gasteiger partial charge in [0.25, 0.3) is 0 Å². The topological polar surface area (TPSA) is 43.1 Å². The minimum absolute atomic E-state index is 0.232. The van der Waals surface area contributed by atoms with Gasteiger partial charge in [0, 0.05) is 6.42 Å². The van der Waals surface area contributed by atoms with Crippen LogP contribution in [0, 0.1) is 20.8 Å². The van der Waals surface area contributed by atoms with Crippen molar-refractivity contribution in [3.63, 3.8) is 0 Å². The van der Waals surface area contributed by atoms with Gasteiger partial charge in [0.2, 0.25) is 5.91 Å². The van der Waals surface area contributed by atoms with E-state index in [0.717, 1.165) is 6.42 Å². The van der Waals surface area contributed by atoms with Crippen LogP contribution in [0.2, 0.25) is 0 Å². The first kappa shape index (κ1) is 10.8. The van der Waals surface area contributed by atoms with Crippen molar-refractivity contribution < 1.29 is 4.79 Å². The lowest BCUT2D eigenvalue weighted by Gasteiger charge is -2.10. The molecule has 0 saturated heterocycles. The fraction of sp³-hybridized carbons (Fsp3) is 0.417. The van der Waals surface area contributed by atoms with Crippen LogP contribution in [0.1, 0.15) is 28.7 Å². The smallest absolute Gasteiger partial charge is 0.217 e. The van der Waals surface area contributed by atoms with E-state index >= 15 is 0 Å². The van der Waals surface area contributed by atoms with Crippen LogP contribution in [0.4, 0.5) is 0 Å². The molecular formula is C12H17NO. The minimum atomic E-state index is -0.232. The fourth-order valence-corrected chi connectivity index (χ4v) is 1.85. The number of hydrogen-bond donors (Lipinski definition) is 1. The highest BCUT2D eigenvalue weighted by Gasteiger charge is 2.04. The molecule has 76 valence electrons. The molecule has 0 bridgehead atoms. The second kappa shape index (κ2) is 4.27. The molecule has 14 heavy (non-hydrogen) atoms. The van der Waals surface area contributed by atoms with Crippen molar-refractivity contribution in [1.29, 1.82) is 0 Å². The molecule has 0 aliphatic carbocycles. The lowest BCUT2D eigenvalue weighted by atomic mass is 9.96. The van der Waals surface area contributed by atoms with E-state index < -0.39 is 0 Å². The standard InChI is InChI=1S/C12H17NO/c1-8-6-9(2)11(10(3)7-8)4-5-12(13)14/h6-7H,4-5H2,1-3H3,(H2,13,14). The third kappa shape index (κ3) is 2.59. The summed E-state index contributed by atoms with van der Waals surface area (Å²) in [7, 11) is 0. The van der Waals surface area contributed by atoms with Crippen molar-refractivity contribution in [2.45, 2.75) is 33.6 Å². The van der Waals surface area contributed by atoms with E-state index in [1.165, 1.54) is 22.3 Å². The average molecular weight is 191 g/mol. The zero-order valence-electron chi connectivity index (χ0n) is 9.05. The lowest BCUT2D eigenvalue weighted by Crippen LogP contribution is -2.12. The fourth-order valence-electron chi connectivity index (χ4n) is 1.85. The van der Waals surface area contributed by atoms with E-state index in [1.54, 1.807) is 0 Å². The van der Waals surface area contributed by atoms with Gasteiger partial charge in [-0.3, -0.25) is 4.79 Å². The van der Waals surface area contributed by atoms with Gasteiger partial charge in [-0.15, -0.1) is 0 Å². The maximum absolute atomic E-state index is 10.7. The van der Waals surface area contributed by atoms with Gasteiger partial charge in [0.05, 0.1) is 0 Å². The van der Waals surface area contributed by atoms with Gasteiger partial charge in [-0.2, -0.15) is 0 Å². The zero-order chi connectivity index (χ0) is 10.7. The Labute approximate surface area is 85.1 Å². The molecular weight excluding hydrogens is 174 g/mol. The largest absolute Gasteiger partial charge is 0.370 e. The summed E-state index contributed by atoms with van der Waals surface area (Å²) >= 11 is 0. The molecule has 0 heterocycles. The van der Waals surface area contributed by atoms with Crippen LogP contribution in [0.25, 0.3) is 0 Å². The minimum Gasteiger partial charge on any atom is -0.370 e. The van der Waals surface area contributed by atoms with Gasteiger partial charge in [0.1, 0.15) is 0 Å². The van der Waals surface area contributed by atoms with Crippen LogP contribution < -0.4 is 5.73 Å². The van der Waals surface area contributed by atoms with Gasteiger partial charge in [0.15, 0.2) is 0 Å². The summed E-state index contributed by atoms with van der Waals surface area (Å²) < 4.78 is 0. The molecule has 1 amide bonds. The summed E-state index contributed by atoms with van der Waals surface area (Å²) in [6, 6.07) is 4.28. The lowest BCUT2D eigenvalue weighted by molar-refractivity contribution is -0.117. The van der Waals surface area contributed by atoms with E-state index in [4.69, 9.17) is 5.73 Å². The van der Waals surface area contributed by atoms with E-state index in [1.807, 2.05) is 0 Å². The van der Waals surface area contributed by atoms with E-state index in [0.29, 0.717) is 6.42 Å². The number of carbonyl (C=O) groups excluding carboxylic acids is 1. The Kier molecular flexibility index (Phi) is 3.28. The molecule has 0 unspecified atom stereocenters. The normalized spacial score (nSPS) is 10.2. The SMILES string of the molecule is Cc1cc(C)c(CCC(N)=O)c(C)c1. The number of hydrogen-bond acceptors (Lipinski definition) is 1. The Hall–Kier alpha value is -1.31. The highest BCUT2D eigenvalue weighted by Crippen LogP contribution is 2.17. The second-order valence-electron chi connectivity index (χ2n) is 3.84. The first-order valence-electron chi connectivity index (χ1n) is 4.85. The number of primary amides is 1. The molecule has 1 aromatic carbocycles. The van der Waals surface area contributed by atoms with Gasteiger partial charge in [-0.05, 0) is 43.9 Å². The predicted molar refractivity (Wildman–Crippen MR) is 58.2 cm³/mol.